The Morgan fingerprint density at radius 2 is 1.67 bits per heavy atom. The van der Waals surface area contributed by atoms with Gasteiger partial charge in [-0.25, -0.2) is 14.1 Å². The van der Waals surface area contributed by atoms with Gasteiger partial charge in [-0.15, -0.1) is 5.10 Å². The Morgan fingerprint density at radius 1 is 0.972 bits per heavy atom. The number of anilines is 2. The number of piperazine rings is 1. The van der Waals surface area contributed by atoms with E-state index in [-0.39, 0.29) is 5.82 Å². The van der Waals surface area contributed by atoms with Crippen molar-refractivity contribution in [2.75, 3.05) is 57.1 Å². The highest BCUT2D eigenvalue weighted by Gasteiger charge is 2.24. The summed E-state index contributed by atoms with van der Waals surface area (Å²) >= 11 is 0. The Hall–Kier alpha value is -3.56. The van der Waals surface area contributed by atoms with Crippen molar-refractivity contribution in [1.82, 2.24) is 24.6 Å². The number of hydrogen-bond acceptors (Lipinski definition) is 7. The molecule has 1 saturated heterocycles. The van der Waals surface area contributed by atoms with Crippen molar-refractivity contribution in [3.8, 4) is 16.9 Å². The van der Waals surface area contributed by atoms with Gasteiger partial charge in [0.25, 0.3) is 0 Å². The van der Waals surface area contributed by atoms with Crippen LogP contribution in [0.15, 0.2) is 48.5 Å². The van der Waals surface area contributed by atoms with Crippen molar-refractivity contribution in [1.29, 1.82) is 0 Å². The minimum absolute atomic E-state index is 0.313. The van der Waals surface area contributed by atoms with Gasteiger partial charge in [0.2, 0.25) is 5.95 Å². The molecule has 0 spiro atoms. The number of nitrogen functional groups attached to an aromatic ring is 1. The summed E-state index contributed by atoms with van der Waals surface area (Å²) in [4.78, 5) is 14.4. The second kappa shape index (κ2) is 10.2. The molecular formula is C27H32FN7O. The molecule has 2 aromatic heterocycles. The number of halogens is 1. The van der Waals surface area contributed by atoms with E-state index in [1.807, 2.05) is 0 Å². The lowest BCUT2D eigenvalue weighted by Gasteiger charge is -2.34. The van der Waals surface area contributed by atoms with Crippen LogP contribution in [0.25, 0.3) is 28.0 Å². The van der Waals surface area contributed by atoms with E-state index >= 15 is 0 Å². The lowest BCUT2D eigenvalue weighted by atomic mass is 10.00. The van der Waals surface area contributed by atoms with Gasteiger partial charge in [0, 0.05) is 45.4 Å². The van der Waals surface area contributed by atoms with Crippen molar-refractivity contribution in [2.24, 2.45) is 0 Å². The zero-order valence-corrected chi connectivity index (χ0v) is 21.0. The van der Waals surface area contributed by atoms with Crippen molar-refractivity contribution in [3.63, 3.8) is 0 Å². The lowest BCUT2D eigenvalue weighted by molar-refractivity contribution is 0.144. The van der Waals surface area contributed by atoms with Crippen LogP contribution in [0.3, 0.4) is 0 Å². The molecule has 0 radical (unpaired) electrons. The molecule has 188 valence electrons. The maximum Gasteiger partial charge on any atom is 0.228 e. The first kappa shape index (κ1) is 24.1. The second-order valence-electron chi connectivity index (χ2n) is 9.44. The summed E-state index contributed by atoms with van der Waals surface area (Å²) in [5.41, 5.74) is 10.8. The van der Waals surface area contributed by atoms with E-state index in [1.165, 1.54) is 17.7 Å². The van der Waals surface area contributed by atoms with Gasteiger partial charge in [-0.2, -0.15) is 4.98 Å². The topological polar surface area (TPSA) is 85.3 Å². The molecule has 2 N–H and O–H groups in total. The van der Waals surface area contributed by atoms with Gasteiger partial charge < -0.3 is 15.4 Å². The van der Waals surface area contributed by atoms with E-state index in [1.54, 1.807) is 23.9 Å². The largest absolute Gasteiger partial charge is 0.383 e. The molecule has 5 rings (SSSR count). The third-order valence-electron chi connectivity index (χ3n) is 6.75. The summed E-state index contributed by atoms with van der Waals surface area (Å²) in [7, 11) is 1.73. The fourth-order valence-corrected chi connectivity index (χ4v) is 4.55. The van der Waals surface area contributed by atoms with Crippen LogP contribution < -0.4 is 10.6 Å². The molecule has 0 unspecified atom stereocenters. The number of ether oxygens (including phenoxy) is 1. The number of nitrogens with zero attached hydrogens (tertiary/aromatic N) is 6. The Labute approximate surface area is 210 Å². The van der Waals surface area contributed by atoms with Gasteiger partial charge in [0.05, 0.1) is 23.4 Å². The minimum Gasteiger partial charge on any atom is -0.383 e. The smallest absolute Gasteiger partial charge is 0.228 e. The van der Waals surface area contributed by atoms with Gasteiger partial charge in [-0.3, -0.25) is 4.90 Å². The number of aromatic nitrogens is 4. The van der Waals surface area contributed by atoms with Crippen LogP contribution in [-0.2, 0) is 4.74 Å². The van der Waals surface area contributed by atoms with Crippen LogP contribution >= 0.6 is 0 Å². The summed E-state index contributed by atoms with van der Waals surface area (Å²) in [5.74, 6) is 1.18. The summed E-state index contributed by atoms with van der Waals surface area (Å²) in [5, 5.41) is 5.41. The Balaban J connectivity index is 1.58. The molecule has 0 atom stereocenters. The van der Waals surface area contributed by atoms with E-state index in [0.717, 1.165) is 50.6 Å². The maximum atomic E-state index is 13.5. The van der Waals surface area contributed by atoms with Crippen molar-refractivity contribution < 1.29 is 9.13 Å². The summed E-state index contributed by atoms with van der Waals surface area (Å²) in [6, 6.07) is 14.5. The normalized spacial score (nSPS) is 14.8. The average Bonchev–Trinajstić information content (AvgIpc) is 3.24. The first-order valence-electron chi connectivity index (χ1n) is 12.3. The lowest BCUT2D eigenvalue weighted by Crippen LogP contribution is -2.47. The predicted octanol–water partition coefficient (Wildman–Crippen LogP) is 4.10. The first-order chi connectivity index (χ1) is 17.4. The van der Waals surface area contributed by atoms with Gasteiger partial charge in [0.15, 0.2) is 5.65 Å². The minimum atomic E-state index is -0.313. The molecule has 36 heavy (non-hydrogen) atoms. The standard InChI is InChI=1S/C27H32FN7O/c1-18(2)19-4-6-20(7-5-19)24-23-25(29)35(22-10-8-21(28)9-11-22)32-26(23)31-27(30-24)34-14-12-33(13-15-34)16-17-36-3/h4-11,18H,12-17,29H2,1-3H3. The van der Waals surface area contributed by atoms with Gasteiger partial charge >= 0.3 is 0 Å². The van der Waals surface area contributed by atoms with E-state index in [4.69, 9.17) is 25.5 Å². The molecule has 1 fully saturated rings. The molecule has 8 nitrogen and oxygen atoms in total. The molecule has 3 heterocycles. The molecule has 2 aromatic carbocycles. The Kier molecular flexibility index (Phi) is 6.84. The van der Waals surface area contributed by atoms with Gasteiger partial charge in [0.1, 0.15) is 11.6 Å². The van der Waals surface area contributed by atoms with Crippen molar-refractivity contribution in [2.45, 2.75) is 19.8 Å². The number of benzene rings is 2. The number of methoxy groups -OCH3 is 1. The third kappa shape index (κ3) is 4.76. The zero-order chi connectivity index (χ0) is 25.2. The number of nitrogens with two attached hydrogens (primary N) is 1. The highest BCUT2D eigenvalue weighted by atomic mass is 19.1. The fourth-order valence-electron chi connectivity index (χ4n) is 4.55. The fraction of sp³-hybridized carbons (Fsp3) is 0.370. The number of hydrogen-bond donors (Lipinski definition) is 1. The quantitative estimate of drug-likeness (QED) is 0.418. The summed E-state index contributed by atoms with van der Waals surface area (Å²) in [6.07, 6.45) is 0. The Bertz CT molecular complexity index is 1330. The van der Waals surface area contributed by atoms with Crippen LogP contribution in [0.5, 0.6) is 0 Å². The molecule has 0 aliphatic carbocycles. The van der Waals surface area contributed by atoms with Crippen LogP contribution in [0.2, 0.25) is 0 Å². The zero-order valence-electron chi connectivity index (χ0n) is 21.0. The maximum absolute atomic E-state index is 13.5. The number of fused-ring (bicyclic) bond motifs is 1. The van der Waals surface area contributed by atoms with E-state index in [2.05, 4.69) is 47.9 Å². The molecular weight excluding hydrogens is 457 g/mol. The van der Waals surface area contributed by atoms with Gasteiger partial charge in [-0.1, -0.05) is 38.1 Å². The molecule has 1 aliphatic rings. The second-order valence-corrected chi connectivity index (χ2v) is 9.44. The van der Waals surface area contributed by atoms with Gasteiger partial charge in [-0.05, 0) is 35.7 Å². The van der Waals surface area contributed by atoms with Crippen molar-refractivity contribution >= 4 is 22.8 Å². The average molecular weight is 490 g/mol. The van der Waals surface area contributed by atoms with Crippen LogP contribution in [0.4, 0.5) is 16.2 Å². The first-order valence-corrected chi connectivity index (χ1v) is 12.3. The summed E-state index contributed by atoms with van der Waals surface area (Å²) < 4.78 is 20.4. The molecule has 1 aliphatic heterocycles. The third-order valence-corrected chi connectivity index (χ3v) is 6.75. The SMILES string of the molecule is COCCN1CCN(c2nc(-c3ccc(C(C)C)cc3)c3c(N)n(-c4ccc(F)cc4)nc3n2)CC1. The molecule has 4 aromatic rings. The van der Waals surface area contributed by atoms with Crippen LogP contribution in [0.1, 0.15) is 25.3 Å². The highest BCUT2D eigenvalue weighted by Crippen LogP contribution is 2.34. The monoisotopic (exact) mass is 489 g/mol. The Morgan fingerprint density at radius 3 is 2.31 bits per heavy atom. The van der Waals surface area contributed by atoms with E-state index < -0.39 is 0 Å². The van der Waals surface area contributed by atoms with Crippen molar-refractivity contribution in [3.05, 3.63) is 59.9 Å². The number of rotatable bonds is 7. The van der Waals surface area contributed by atoms with E-state index in [9.17, 15) is 4.39 Å². The molecule has 0 bridgehead atoms. The van der Waals surface area contributed by atoms with Crippen LogP contribution in [-0.4, -0.2) is 71.1 Å². The molecule has 0 saturated carbocycles. The molecule has 0 amide bonds. The molecule has 9 heteroatoms. The highest BCUT2D eigenvalue weighted by molar-refractivity contribution is 5.99. The predicted molar refractivity (Wildman–Crippen MR) is 141 cm³/mol. The summed E-state index contributed by atoms with van der Waals surface area (Å²) in [6.45, 7) is 9.43. The van der Waals surface area contributed by atoms with Crippen LogP contribution in [0, 0.1) is 5.82 Å². The van der Waals surface area contributed by atoms with E-state index in [0.29, 0.717) is 34.4 Å².